The van der Waals surface area contributed by atoms with E-state index in [2.05, 4.69) is 32.9 Å². The number of rotatable bonds is 5. The van der Waals surface area contributed by atoms with Crippen molar-refractivity contribution >= 4 is 0 Å². The molecule has 2 rings (SSSR count). The van der Waals surface area contributed by atoms with E-state index in [0.717, 1.165) is 30.6 Å². The third-order valence-corrected chi connectivity index (χ3v) is 4.95. The molecule has 1 aromatic rings. The summed E-state index contributed by atoms with van der Waals surface area (Å²) in [6.45, 7) is 7.55. The smallest absolute Gasteiger partial charge is 0.119 e. The van der Waals surface area contributed by atoms with Crippen molar-refractivity contribution in [1.29, 1.82) is 0 Å². The van der Waals surface area contributed by atoms with E-state index in [1.54, 1.807) is 0 Å². The van der Waals surface area contributed by atoms with Crippen molar-refractivity contribution in [1.82, 2.24) is 0 Å². The molecule has 0 spiro atoms. The molecule has 1 fully saturated rings. The van der Waals surface area contributed by atoms with Crippen LogP contribution in [0.4, 0.5) is 0 Å². The standard InChI is InChI=1S/C18H29NO/c1-13-5-4-6-17(11-13)20-10-9-18(19)16-8-7-14(2)15(3)12-16/h4-6,11,14-16,18H,7-10,12,19H2,1-3H3. The third-order valence-electron chi connectivity index (χ3n) is 4.95. The van der Waals surface area contributed by atoms with Gasteiger partial charge in [-0.2, -0.15) is 0 Å². The fourth-order valence-corrected chi connectivity index (χ4v) is 3.23. The normalized spacial score (nSPS) is 28.1. The Morgan fingerprint density at radius 3 is 2.75 bits per heavy atom. The van der Waals surface area contributed by atoms with Crippen LogP contribution in [0.15, 0.2) is 24.3 Å². The van der Waals surface area contributed by atoms with E-state index >= 15 is 0 Å². The SMILES string of the molecule is Cc1cccc(OCCC(N)C2CCC(C)C(C)C2)c1. The number of nitrogens with two attached hydrogens (primary N) is 1. The molecular weight excluding hydrogens is 246 g/mol. The molecule has 0 saturated heterocycles. The van der Waals surface area contributed by atoms with Gasteiger partial charge in [-0.1, -0.05) is 32.4 Å². The Hall–Kier alpha value is -1.02. The number of benzene rings is 1. The summed E-state index contributed by atoms with van der Waals surface area (Å²) in [5.41, 5.74) is 7.61. The molecular formula is C18H29NO. The Balaban J connectivity index is 1.74. The molecule has 112 valence electrons. The highest BCUT2D eigenvalue weighted by Crippen LogP contribution is 2.35. The van der Waals surface area contributed by atoms with Gasteiger partial charge in [-0.15, -0.1) is 0 Å². The van der Waals surface area contributed by atoms with Crippen LogP contribution in [0.1, 0.15) is 45.1 Å². The quantitative estimate of drug-likeness (QED) is 0.875. The zero-order valence-electron chi connectivity index (χ0n) is 13.1. The van der Waals surface area contributed by atoms with E-state index in [-0.39, 0.29) is 6.04 Å². The first-order valence-corrected chi connectivity index (χ1v) is 8.01. The summed E-state index contributed by atoms with van der Waals surface area (Å²) >= 11 is 0. The van der Waals surface area contributed by atoms with E-state index in [9.17, 15) is 0 Å². The Kier molecular flexibility index (Phi) is 5.47. The van der Waals surface area contributed by atoms with E-state index in [1.165, 1.54) is 24.8 Å². The van der Waals surface area contributed by atoms with Crippen molar-refractivity contribution in [2.24, 2.45) is 23.5 Å². The Morgan fingerprint density at radius 2 is 2.05 bits per heavy atom. The maximum atomic E-state index is 6.37. The summed E-state index contributed by atoms with van der Waals surface area (Å²) in [5, 5.41) is 0. The highest BCUT2D eigenvalue weighted by Gasteiger charge is 2.28. The molecule has 1 saturated carbocycles. The molecule has 2 heteroatoms. The summed E-state index contributed by atoms with van der Waals surface area (Å²) in [7, 11) is 0. The minimum atomic E-state index is 0.287. The topological polar surface area (TPSA) is 35.2 Å². The second-order valence-electron chi connectivity index (χ2n) is 6.65. The minimum absolute atomic E-state index is 0.287. The average molecular weight is 275 g/mol. The van der Waals surface area contributed by atoms with Crippen LogP contribution in [0.3, 0.4) is 0 Å². The lowest BCUT2D eigenvalue weighted by molar-refractivity contribution is 0.171. The first kappa shape index (κ1) is 15.4. The van der Waals surface area contributed by atoms with Gasteiger partial charge in [-0.05, 0) is 61.6 Å². The third kappa shape index (κ3) is 4.24. The first-order valence-electron chi connectivity index (χ1n) is 8.01. The monoisotopic (exact) mass is 275 g/mol. The van der Waals surface area contributed by atoms with Gasteiger partial charge in [0, 0.05) is 6.04 Å². The van der Waals surface area contributed by atoms with E-state index in [4.69, 9.17) is 10.5 Å². The molecule has 0 radical (unpaired) electrons. The predicted octanol–water partition coefficient (Wildman–Crippen LogP) is 4.16. The van der Waals surface area contributed by atoms with Crippen molar-refractivity contribution in [3.63, 3.8) is 0 Å². The van der Waals surface area contributed by atoms with Gasteiger partial charge in [0.2, 0.25) is 0 Å². The second-order valence-corrected chi connectivity index (χ2v) is 6.65. The molecule has 0 aromatic heterocycles. The molecule has 4 unspecified atom stereocenters. The van der Waals surface area contributed by atoms with Crippen molar-refractivity contribution in [3.05, 3.63) is 29.8 Å². The summed E-state index contributed by atoms with van der Waals surface area (Å²) in [6.07, 6.45) is 4.86. The lowest BCUT2D eigenvalue weighted by atomic mass is 9.73. The molecule has 20 heavy (non-hydrogen) atoms. The van der Waals surface area contributed by atoms with E-state index in [1.807, 2.05) is 12.1 Å². The van der Waals surface area contributed by atoms with Crippen LogP contribution >= 0.6 is 0 Å². The fraction of sp³-hybridized carbons (Fsp3) is 0.667. The Morgan fingerprint density at radius 1 is 1.25 bits per heavy atom. The van der Waals surface area contributed by atoms with Gasteiger partial charge >= 0.3 is 0 Å². The summed E-state index contributed by atoms with van der Waals surface area (Å²) in [5.74, 6) is 3.32. The molecule has 0 heterocycles. The van der Waals surface area contributed by atoms with Gasteiger partial charge in [-0.25, -0.2) is 0 Å². The van der Waals surface area contributed by atoms with Gasteiger partial charge in [-0.3, -0.25) is 0 Å². The Labute approximate surface area is 123 Å². The minimum Gasteiger partial charge on any atom is -0.494 e. The van der Waals surface area contributed by atoms with Gasteiger partial charge in [0.1, 0.15) is 5.75 Å². The summed E-state index contributed by atoms with van der Waals surface area (Å²) < 4.78 is 5.82. The maximum absolute atomic E-state index is 6.37. The zero-order valence-corrected chi connectivity index (χ0v) is 13.1. The highest BCUT2D eigenvalue weighted by molar-refractivity contribution is 5.27. The van der Waals surface area contributed by atoms with Gasteiger partial charge in [0.15, 0.2) is 0 Å². The predicted molar refractivity (Wildman–Crippen MR) is 84.9 cm³/mol. The van der Waals surface area contributed by atoms with E-state index in [0.29, 0.717) is 5.92 Å². The largest absolute Gasteiger partial charge is 0.494 e. The van der Waals surface area contributed by atoms with Gasteiger partial charge < -0.3 is 10.5 Å². The summed E-state index contributed by atoms with van der Waals surface area (Å²) in [4.78, 5) is 0. The van der Waals surface area contributed by atoms with Crippen LogP contribution in [0.2, 0.25) is 0 Å². The molecule has 2 nitrogen and oxygen atoms in total. The first-order chi connectivity index (χ1) is 9.56. The van der Waals surface area contributed by atoms with Crippen molar-refractivity contribution in [2.45, 2.75) is 52.5 Å². The van der Waals surface area contributed by atoms with E-state index < -0.39 is 0 Å². The lowest BCUT2D eigenvalue weighted by Gasteiger charge is -2.35. The molecule has 1 aliphatic carbocycles. The molecule has 0 aliphatic heterocycles. The van der Waals surface area contributed by atoms with Crippen molar-refractivity contribution in [3.8, 4) is 5.75 Å². The van der Waals surface area contributed by atoms with Crippen LogP contribution in [0.25, 0.3) is 0 Å². The van der Waals surface area contributed by atoms with Crippen molar-refractivity contribution in [2.75, 3.05) is 6.61 Å². The molecule has 0 amide bonds. The molecule has 1 aromatic carbocycles. The van der Waals surface area contributed by atoms with Crippen LogP contribution in [0, 0.1) is 24.7 Å². The van der Waals surface area contributed by atoms with Gasteiger partial charge in [0.25, 0.3) is 0 Å². The number of aryl methyl sites for hydroxylation is 1. The average Bonchev–Trinajstić information content (AvgIpc) is 2.42. The fourth-order valence-electron chi connectivity index (χ4n) is 3.23. The number of hydrogen-bond donors (Lipinski definition) is 1. The molecule has 2 N–H and O–H groups in total. The summed E-state index contributed by atoms with van der Waals surface area (Å²) in [6, 6.07) is 8.51. The Bertz CT molecular complexity index is 418. The second kappa shape index (κ2) is 7.12. The zero-order chi connectivity index (χ0) is 14.5. The molecule has 0 bridgehead atoms. The maximum Gasteiger partial charge on any atom is 0.119 e. The van der Waals surface area contributed by atoms with Crippen molar-refractivity contribution < 1.29 is 4.74 Å². The van der Waals surface area contributed by atoms with Crippen LogP contribution in [-0.4, -0.2) is 12.6 Å². The van der Waals surface area contributed by atoms with Crippen LogP contribution in [-0.2, 0) is 0 Å². The van der Waals surface area contributed by atoms with Crippen LogP contribution in [0.5, 0.6) is 5.75 Å². The lowest BCUT2D eigenvalue weighted by Crippen LogP contribution is -2.36. The number of hydrogen-bond acceptors (Lipinski definition) is 2. The molecule has 4 atom stereocenters. The van der Waals surface area contributed by atoms with Gasteiger partial charge in [0.05, 0.1) is 6.61 Å². The highest BCUT2D eigenvalue weighted by atomic mass is 16.5. The number of ether oxygens (including phenoxy) is 1. The molecule has 1 aliphatic rings. The van der Waals surface area contributed by atoms with Crippen LogP contribution < -0.4 is 10.5 Å².